The van der Waals surface area contributed by atoms with Crippen LogP contribution in [0.1, 0.15) is 5.56 Å². The minimum absolute atomic E-state index is 0.315. The van der Waals surface area contributed by atoms with Crippen molar-refractivity contribution in [2.45, 2.75) is 6.92 Å². The predicted molar refractivity (Wildman–Crippen MR) is 91.9 cm³/mol. The van der Waals surface area contributed by atoms with Crippen LogP contribution in [0.15, 0.2) is 55.9 Å². The van der Waals surface area contributed by atoms with Gasteiger partial charge in [-0.2, -0.15) is 0 Å². The number of nitrogens with zero attached hydrogens (tertiary/aromatic N) is 1. The summed E-state index contributed by atoms with van der Waals surface area (Å²) < 4.78 is 7.17. The fraction of sp³-hybridized carbons (Fsp3) is 0.0625. The summed E-state index contributed by atoms with van der Waals surface area (Å²) in [4.78, 5) is 0. The van der Waals surface area contributed by atoms with E-state index in [1.807, 2.05) is 49.4 Å². The van der Waals surface area contributed by atoms with Crippen LogP contribution in [0.2, 0.25) is 0 Å². The van der Waals surface area contributed by atoms with E-state index in [0.717, 1.165) is 31.3 Å². The van der Waals surface area contributed by atoms with Crippen LogP contribution in [0.5, 0.6) is 0 Å². The molecule has 1 aromatic heterocycles. The van der Waals surface area contributed by atoms with Gasteiger partial charge in [-0.3, -0.25) is 0 Å². The average Bonchev–Trinajstić information content (AvgIpc) is 2.80. The SMILES string of the molecule is Cc1ccc(-c2noc(N)c2-c2cccc(Br)c2)c(Br)c1. The summed E-state index contributed by atoms with van der Waals surface area (Å²) in [6.45, 7) is 2.04. The zero-order valence-electron chi connectivity index (χ0n) is 11.2. The molecule has 1 heterocycles. The van der Waals surface area contributed by atoms with Gasteiger partial charge in [0, 0.05) is 14.5 Å². The molecule has 5 heteroatoms. The first kappa shape index (κ1) is 14.4. The Bertz CT molecular complexity index is 812. The fourth-order valence-corrected chi connectivity index (χ4v) is 3.30. The van der Waals surface area contributed by atoms with Gasteiger partial charge in [-0.25, -0.2) is 0 Å². The summed E-state index contributed by atoms with van der Waals surface area (Å²) in [5.74, 6) is 0.315. The Labute approximate surface area is 139 Å². The van der Waals surface area contributed by atoms with Crippen LogP contribution in [0.4, 0.5) is 5.88 Å². The van der Waals surface area contributed by atoms with E-state index in [1.165, 1.54) is 5.56 Å². The Morgan fingerprint density at radius 3 is 2.62 bits per heavy atom. The fourth-order valence-electron chi connectivity index (χ4n) is 2.22. The number of aryl methyl sites for hydroxylation is 1. The zero-order valence-corrected chi connectivity index (χ0v) is 14.4. The summed E-state index contributed by atoms with van der Waals surface area (Å²) >= 11 is 7.06. The number of nitrogens with two attached hydrogens (primary N) is 1. The van der Waals surface area contributed by atoms with Crippen molar-refractivity contribution in [2.24, 2.45) is 0 Å². The summed E-state index contributed by atoms with van der Waals surface area (Å²) in [6.07, 6.45) is 0. The highest BCUT2D eigenvalue weighted by atomic mass is 79.9. The zero-order chi connectivity index (χ0) is 15.0. The molecule has 0 atom stereocenters. The smallest absolute Gasteiger partial charge is 0.230 e. The number of hydrogen-bond donors (Lipinski definition) is 1. The standard InChI is InChI=1S/C16H12Br2N2O/c1-9-5-6-12(13(18)7-9)15-14(16(19)21-20-15)10-3-2-4-11(17)8-10/h2-8H,19H2,1H3. The molecule has 2 aromatic carbocycles. The van der Waals surface area contributed by atoms with Crippen LogP contribution >= 0.6 is 31.9 Å². The van der Waals surface area contributed by atoms with E-state index in [1.54, 1.807) is 0 Å². The van der Waals surface area contributed by atoms with Gasteiger partial charge in [0.15, 0.2) is 0 Å². The van der Waals surface area contributed by atoms with Crippen molar-refractivity contribution < 1.29 is 4.52 Å². The van der Waals surface area contributed by atoms with Crippen molar-refractivity contribution >= 4 is 37.7 Å². The molecule has 0 bridgehead atoms. The van der Waals surface area contributed by atoms with Crippen LogP contribution in [-0.4, -0.2) is 5.16 Å². The second kappa shape index (κ2) is 5.66. The molecule has 3 aromatic rings. The molecule has 0 aliphatic rings. The average molecular weight is 408 g/mol. The molecule has 0 saturated carbocycles. The van der Waals surface area contributed by atoms with Gasteiger partial charge < -0.3 is 10.3 Å². The maximum atomic E-state index is 5.98. The van der Waals surface area contributed by atoms with Crippen molar-refractivity contribution in [1.82, 2.24) is 5.16 Å². The molecular weight excluding hydrogens is 396 g/mol. The number of anilines is 1. The Hall–Kier alpha value is -1.59. The number of aromatic nitrogens is 1. The van der Waals surface area contributed by atoms with E-state index < -0.39 is 0 Å². The maximum absolute atomic E-state index is 5.98. The van der Waals surface area contributed by atoms with Gasteiger partial charge in [-0.1, -0.05) is 61.3 Å². The summed E-state index contributed by atoms with van der Waals surface area (Å²) in [6, 6.07) is 14.0. The highest BCUT2D eigenvalue weighted by molar-refractivity contribution is 9.10. The first-order valence-electron chi connectivity index (χ1n) is 6.34. The van der Waals surface area contributed by atoms with Crippen LogP contribution in [0.3, 0.4) is 0 Å². The molecule has 2 N–H and O–H groups in total. The molecule has 3 nitrogen and oxygen atoms in total. The van der Waals surface area contributed by atoms with E-state index in [-0.39, 0.29) is 0 Å². The third kappa shape index (κ3) is 2.76. The number of hydrogen-bond acceptors (Lipinski definition) is 3. The van der Waals surface area contributed by atoms with Gasteiger partial charge in [0.25, 0.3) is 0 Å². The summed E-state index contributed by atoms with van der Waals surface area (Å²) in [5.41, 5.74) is 10.6. The molecule has 0 fully saturated rings. The monoisotopic (exact) mass is 406 g/mol. The van der Waals surface area contributed by atoms with Gasteiger partial charge in [-0.05, 0) is 36.2 Å². The molecule has 0 radical (unpaired) electrons. The van der Waals surface area contributed by atoms with Gasteiger partial charge in [0.2, 0.25) is 5.88 Å². The van der Waals surface area contributed by atoms with Gasteiger partial charge in [-0.15, -0.1) is 0 Å². The van der Waals surface area contributed by atoms with E-state index in [4.69, 9.17) is 10.3 Å². The molecular formula is C16H12Br2N2O. The Morgan fingerprint density at radius 2 is 1.90 bits per heavy atom. The third-order valence-electron chi connectivity index (χ3n) is 3.21. The third-order valence-corrected chi connectivity index (χ3v) is 4.36. The van der Waals surface area contributed by atoms with Gasteiger partial charge in [0.05, 0.1) is 5.56 Å². The number of halogens is 2. The lowest BCUT2D eigenvalue weighted by Crippen LogP contribution is -1.89. The first-order valence-corrected chi connectivity index (χ1v) is 7.92. The quantitative estimate of drug-likeness (QED) is 0.616. The number of rotatable bonds is 2. The summed E-state index contributed by atoms with van der Waals surface area (Å²) in [7, 11) is 0. The normalized spacial score (nSPS) is 10.8. The topological polar surface area (TPSA) is 52.0 Å². The molecule has 0 aliphatic carbocycles. The van der Waals surface area contributed by atoms with Crippen LogP contribution < -0.4 is 5.73 Å². The number of nitrogen functional groups attached to an aromatic ring is 1. The van der Waals surface area contributed by atoms with Crippen molar-refractivity contribution in [3.8, 4) is 22.4 Å². The first-order chi connectivity index (χ1) is 10.1. The second-order valence-corrected chi connectivity index (χ2v) is 6.53. The van der Waals surface area contributed by atoms with E-state index in [2.05, 4.69) is 37.0 Å². The molecule has 0 unspecified atom stereocenters. The van der Waals surface area contributed by atoms with E-state index in [0.29, 0.717) is 5.88 Å². The van der Waals surface area contributed by atoms with Crippen LogP contribution in [-0.2, 0) is 0 Å². The largest absolute Gasteiger partial charge is 0.367 e. The Kier molecular flexibility index (Phi) is 3.87. The lowest BCUT2D eigenvalue weighted by Gasteiger charge is -2.06. The molecule has 21 heavy (non-hydrogen) atoms. The molecule has 106 valence electrons. The predicted octanol–water partition coefficient (Wildman–Crippen LogP) is 5.42. The van der Waals surface area contributed by atoms with Crippen molar-refractivity contribution in [3.05, 3.63) is 57.0 Å². The van der Waals surface area contributed by atoms with Crippen molar-refractivity contribution in [2.75, 3.05) is 5.73 Å². The number of benzene rings is 2. The second-order valence-electron chi connectivity index (χ2n) is 4.76. The Morgan fingerprint density at radius 1 is 1.10 bits per heavy atom. The molecule has 3 rings (SSSR count). The van der Waals surface area contributed by atoms with Crippen molar-refractivity contribution in [3.63, 3.8) is 0 Å². The van der Waals surface area contributed by atoms with Crippen molar-refractivity contribution in [1.29, 1.82) is 0 Å². The lowest BCUT2D eigenvalue weighted by atomic mass is 10.0. The Balaban J connectivity index is 2.22. The van der Waals surface area contributed by atoms with Crippen LogP contribution in [0, 0.1) is 6.92 Å². The lowest BCUT2D eigenvalue weighted by molar-refractivity contribution is 0.439. The highest BCUT2D eigenvalue weighted by Crippen LogP contribution is 2.39. The maximum Gasteiger partial charge on any atom is 0.230 e. The minimum atomic E-state index is 0.315. The molecule has 0 aliphatic heterocycles. The molecule has 0 saturated heterocycles. The van der Waals surface area contributed by atoms with Gasteiger partial charge >= 0.3 is 0 Å². The molecule has 0 amide bonds. The van der Waals surface area contributed by atoms with Crippen LogP contribution in [0.25, 0.3) is 22.4 Å². The van der Waals surface area contributed by atoms with E-state index in [9.17, 15) is 0 Å². The summed E-state index contributed by atoms with van der Waals surface area (Å²) in [5, 5.41) is 4.14. The molecule has 0 spiro atoms. The van der Waals surface area contributed by atoms with E-state index >= 15 is 0 Å². The highest BCUT2D eigenvalue weighted by Gasteiger charge is 2.19. The minimum Gasteiger partial charge on any atom is -0.367 e. The van der Waals surface area contributed by atoms with Gasteiger partial charge in [0.1, 0.15) is 5.69 Å².